The summed E-state index contributed by atoms with van der Waals surface area (Å²) in [6.45, 7) is 2.47. The van der Waals surface area contributed by atoms with E-state index in [9.17, 15) is 4.79 Å². The largest absolute Gasteiger partial charge is 0.310 e. The first-order valence-electron chi connectivity index (χ1n) is 4.54. The van der Waals surface area contributed by atoms with Crippen LogP contribution in [0.4, 0.5) is 0 Å². The van der Waals surface area contributed by atoms with Crippen molar-refractivity contribution in [1.29, 1.82) is 0 Å². The van der Waals surface area contributed by atoms with Crippen molar-refractivity contribution in [3.63, 3.8) is 0 Å². The molecule has 0 amide bonds. The third-order valence-electron chi connectivity index (χ3n) is 2.16. The highest BCUT2D eigenvalue weighted by Crippen LogP contribution is 2.11. The van der Waals surface area contributed by atoms with Gasteiger partial charge in [-0.15, -0.1) is 0 Å². The lowest BCUT2D eigenvalue weighted by Gasteiger charge is -2.06. The van der Waals surface area contributed by atoms with Crippen molar-refractivity contribution < 1.29 is 0 Å². The minimum Gasteiger partial charge on any atom is -0.310 e. The molecule has 15 heavy (non-hydrogen) atoms. The number of aryl methyl sites for hydroxylation is 1. The first kappa shape index (κ1) is 10.6. The summed E-state index contributed by atoms with van der Waals surface area (Å²) in [4.78, 5) is 11.8. The predicted octanol–water partition coefficient (Wildman–Crippen LogP) is 3.03. The summed E-state index contributed by atoms with van der Waals surface area (Å²) >= 11 is 5.04. The second-order valence-corrected chi connectivity index (χ2v) is 5.10. The highest BCUT2D eigenvalue weighted by Gasteiger charge is 2.02. The molecule has 0 saturated heterocycles. The molecule has 2 nitrogen and oxygen atoms in total. The lowest BCUT2D eigenvalue weighted by atomic mass is 10.3. The van der Waals surface area contributed by atoms with Crippen LogP contribution in [0.25, 0.3) is 0 Å². The average molecular weight is 284 g/mol. The first-order valence-corrected chi connectivity index (χ1v) is 6.28. The fraction of sp³-hybridized carbons (Fsp3) is 0.182. The Hall–Kier alpha value is -0.870. The fourth-order valence-electron chi connectivity index (χ4n) is 1.44. The number of hydrogen-bond acceptors (Lipinski definition) is 2. The minimum atomic E-state index is 0.0735. The van der Waals surface area contributed by atoms with Crippen LogP contribution in [0.15, 0.2) is 38.4 Å². The summed E-state index contributed by atoms with van der Waals surface area (Å²) in [7, 11) is 0. The fourth-order valence-corrected chi connectivity index (χ4v) is 2.69. The molecular formula is C11H10BrNOS. The van der Waals surface area contributed by atoms with Crippen LogP contribution < -0.4 is 5.56 Å². The van der Waals surface area contributed by atoms with Gasteiger partial charge in [0.2, 0.25) is 0 Å². The third-order valence-corrected chi connectivity index (χ3v) is 3.33. The van der Waals surface area contributed by atoms with E-state index >= 15 is 0 Å². The monoisotopic (exact) mass is 283 g/mol. The van der Waals surface area contributed by atoms with Crippen LogP contribution >= 0.6 is 27.3 Å². The number of thiophene rings is 1. The minimum absolute atomic E-state index is 0.0735. The van der Waals surface area contributed by atoms with E-state index < -0.39 is 0 Å². The Kier molecular flexibility index (Phi) is 3.07. The molecule has 2 heterocycles. The highest BCUT2D eigenvalue weighted by molar-refractivity contribution is 9.10. The van der Waals surface area contributed by atoms with E-state index in [1.807, 2.05) is 30.6 Å². The van der Waals surface area contributed by atoms with Crippen LogP contribution in [-0.4, -0.2) is 4.57 Å². The molecule has 2 rings (SSSR count). The molecule has 0 bridgehead atoms. The Balaban J connectivity index is 2.41. The van der Waals surface area contributed by atoms with Gasteiger partial charge in [-0.3, -0.25) is 4.79 Å². The van der Waals surface area contributed by atoms with Gasteiger partial charge < -0.3 is 4.57 Å². The molecule has 0 fully saturated rings. The highest BCUT2D eigenvalue weighted by atomic mass is 79.9. The zero-order valence-electron chi connectivity index (χ0n) is 8.24. The molecule has 0 unspecified atom stereocenters. The molecular weight excluding hydrogens is 274 g/mol. The summed E-state index contributed by atoms with van der Waals surface area (Å²) in [6.07, 6.45) is 1.83. The van der Waals surface area contributed by atoms with E-state index in [1.165, 1.54) is 5.56 Å². The summed E-state index contributed by atoms with van der Waals surface area (Å²) in [5, 5.41) is 4.08. The molecule has 0 spiro atoms. The van der Waals surface area contributed by atoms with E-state index in [-0.39, 0.29) is 5.56 Å². The molecule has 78 valence electrons. The van der Waals surface area contributed by atoms with E-state index in [4.69, 9.17) is 0 Å². The van der Waals surface area contributed by atoms with Crippen molar-refractivity contribution in [3.05, 3.63) is 55.0 Å². The van der Waals surface area contributed by atoms with Gasteiger partial charge in [-0.25, -0.2) is 0 Å². The first-order chi connectivity index (χ1) is 7.16. The number of nitrogens with zero attached hydrogens (tertiary/aromatic N) is 1. The summed E-state index contributed by atoms with van der Waals surface area (Å²) in [6, 6.07) is 3.87. The number of halogens is 1. The molecule has 0 saturated carbocycles. The molecule has 2 aromatic heterocycles. The number of rotatable bonds is 2. The molecule has 0 radical (unpaired) electrons. The van der Waals surface area contributed by atoms with Crippen molar-refractivity contribution in [1.82, 2.24) is 4.57 Å². The predicted molar refractivity (Wildman–Crippen MR) is 66.6 cm³/mol. The van der Waals surface area contributed by atoms with Crippen LogP contribution in [0.1, 0.15) is 11.1 Å². The van der Waals surface area contributed by atoms with Crippen LogP contribution in [-0.2, 0) is 6.54 Å². The van der Waals surface area contributed by atoms with Crippen molar-refractivity contribution in [2.45, 2.75) is 13.5 Å². The Morgan fingerprint density at radius 3 is 3.00 bits per heavy atom. The van der Waals surface area contributed by atoms with Gasteiger partial charge in [-0.05, 0) is 51.3 Å². The molecule has 0 aliphatic rings. The zero-order chi connectivity index (χ0) is 10.8. The smallest absolute Gasteiger partial charge is 0.253 e. The Labute approximate surface area is 100 Å². The van der Waals surface area contributed by atoms with E-state index in [2.05, 4.69) is 21.3 Å². The standard InChI is InChI=1S/C11H10BrNOS/c1-8-4-10(12)6-13(11(8)14)5-9-2-3-15-7-9/h2-4,6-7H,5H2,1H3. The maximum Gasteiger partial charge on any atom is 0.253 e. The molecule has 0 atom stereocenters. The second-order valence-electron chi connectivity index (χ2n) is 3.41. The maximum absolute atomic E-state index is 11.8. The lowest BCUT2D eigenvalue weighted by molar-refractivity contribution is 0.751. The Morgan fingerprint density at radius 1 is 1.53 bits per heavy atom. The molecule has 0 aliphatic carbocycles. The summed E-state index contributed by atoms with van der Waals surface area (Å²) < 4.78 is 2.66. The number of pyridine rings is 1. The number of aromatic nitrogens is 1. The second kappa shape index (κ2) is 4.33. The van der Waals surface area contributed by atoms with Gasteiger partial charge in [0.1, 0.15) is 0 Å². The topological polar surface area (TPSA) is 22.0 Å². The SMILES string of the molecule is Cc1cc(Br)cn(Cc2ccsc2)c1=O. The summed E-state index contributed by atoms with van der Waals surface area (Å²) in [5.74, 6) is 0. The molecule has 4 heteroatoms. The van der Waals surface area contributed by atoms with Gasteiger partial charge in [0, 0.05) is 16.2 Å². The van der Waals surface area contributed by atoms with E-state index in [1.54, 1.807) is 15.9 Å². The van der Waals surface area contributed by atoms with Crippen molar-refractivity contribution in [3.8, 4) is 0 Å². The molecule has 0 aromatic carbocycles. The van der Waals surface area contributed by atoms with Gasteiger partial charge in [0.15, 0.2) is 0 Å². The van der Waals surface area contributed by atoms with Gasteiger partial charge in [0.25, 0.3) is 5.56 Å². The van der Waals surface area contributed by atoms with Crippen molar-refractivity contribution in [2.24, 2.45) is 0 Å². The quantitative estimate of drug-likeness (QED) is 0.831. The van der Waals surface area contributed by atoms with Gasteiger partial charge >= 0.3 is 0 Å². The van der Waals surface area contributed by atoms with Crippen molar-refractivity contribution >= 4 is 27.3 Å². The van der Waals surface area contributed by atoms with E-state index in [0.29, 0.717) is 6.54 Å². The third kappa shape index (κ3) is 2.38. The maximum atomic E-state index is 11.8. The molecule has 2 aromatic rings. The number of hydrogen-bond donors (Lipinski definition) is 0. The van der Waals surface area contributed by atoms with Crippen LogP contribution in [0.5, 0.6) is 0 Å². The van der Waals surface area contributed by atoms with E-state index in [0.717, 1.165) is 10.0 Å². The Bertz CT molecular complexity index is 516. The van der Waals surface area contributed by atoms with Crippen molar-refractivity contribution in [2.75, 3.05) is 0 Å². The van der Waals surface area contributed by atoms with Crippen LogP contribution in [0, 0.1) is 6.92 Å². The molecule has 0 N–H and O–H groups in total. The van der Waals surface area contributed by atoms with Gasteiger partial charge in [-0.2, -0.15) is 11.3 Å². The normalized spacial score (nSPS) is 10.5. The van der Waals surface area contributed by atoms with Gasteiger partial charge in [-0.1, -0.05) is 0 Å². The van der Waals surface area contributed by atoms with Crippen LogP contribution in [0.3, 0.4) is 0 Å². The van der Waals surface area contributed by atoms with Gasteiger partial charge in [0.05, 0.1) is 6.54 Å². The Morgan fingerprint density at radius 2 is 2.33 bits per heavy atom. The summed E-state index contributed by atoms with van der Waals surface area (Å²) in [5.41, 5.74) is 2.00. The van der Waals surface area contributed by atoms with Crippen LogP contribution in [0.2, 0.25) is 0 Å². The zero-order valence-corrected chi connectivity index (χ0v) is 10.6. The lowest BCUT2D eigenvalue weighted by Crippen LogP contribution is -2.21. The average Bonchev–Trinajstić information content (AvgIpc) is 2.66. The molecule has 0 aliphatic heterocycles.